The molecule has 1 nitrogen and oxygen atoms in total. The normalized spacial score (nSPS) is 11.4. The molecule has 0 unspecified atom stereocenters. The van der Waals surface area contributed by atoms with E-state index in [1.165, 1.54) is 38.9 Å². The van der Waals surface area contributed by atoms with Crippen molar-refractivity contribution < 1.29 is 5.11 Å². The van der Waals surface area contributed by atoms with Crippen LogP contribution in [0.25, 0.3) is 11.1 Å². The first kappa shape index (κ1) is 23.8. The molecule has 0 atom stereocenters. The number of aliphatic hydroxyl groups is 1. The van der Waals surface area contributed by atoms with Crippen LogP contribution in [0.3, 0.4) is 0 Å². The Morgan fingerprint density at radius 2 is 1.03 bits per heavy atom. The fraction of sp³-hybridized carbons (Fsp3) is 0.143. The first-order valence-electron chi connectivity index (χ1n) is 12.6. The van der Waals surface area contributed by atoms with Gasteiger partial charge in [-0.2, -0.15) is 0 Å². The van der Waals surface area contributed by atoms with Crippen LogP contribution in [0.1, 0.15) is 44.5 Å². The smallest absolute Gasteiger partial charge is 0.0707 e. The molecule has 1 heteroatoms. The van der Waals surface area contributed by atoms with Crippen LogP contribution in [-0.2, 0) is 12.0 Å². The maximum Gasteiger partial charge on any atom is 0.0707 e. The maximum absolute atomic E-state index is 10.9. The highest BCUT2D eigenvalue weighted by Crippen LogP contribution is 2.48. The molecule has 0 aliphatic carbocycles. The summed E-state index contributed by atoms with van der Waals surface area (Å²) >= 11 is 0. The predicted molar refractivity (Wildman–Crippen MR) is 150 cm³/mol. The van der Waals surface area contributed by atoms with Gasteiger partial charge in [0.25, 0.3) is 0 Å². The molecule has 0 aromatic heterocycles. The number of aliphatic hydroxyl groups excluding tert-OH is 1. The van der Waals surface area contributed by atoms with Gasteiger partial charge in [0.15, 0.2) is 0 Å². The first-order chi connectivity index (χ1) is 17.6. The summed E-state index contributed by atoms with van der Waals surface area (Å²) in [6.07, 6.45) is 0. The molecular weight excluding hydrogens is 436 g/mol. The lowest BCUT2D eigenvalue weighted by Gasteiger charge is -2.39. The van der Waals surface area contributed by atoms with Gasteiger partial charge in [-0.25, -0.2) is 0 Å². The summed E-state index contributed by atoms with van der Waals surface area (Å²) in [5.41, 5.74) is 11.0. The number of aryl methyl sites for hydroxylation is 2. The lowest BCUT2D eigenvalue weighted by atomic mass is 9.62. The van der Waals surface area contributed by atoms with Crippen molar-refractivity contribution in [2.24, 2.45) is 0 Å². The summed E-state index contributed by atoms with van der Waals surface area (Å²) in [7, 11) is 0. The molecule has 0 spiro atoms. The summed E-state index contributed by atoms with van der Waals surface area (Å²) in [6, 6.07) is 43.0. The zero-order chi connectivity index (χ0) is 25.1. The molecule has 0 saturated carbocycles. The van der Waals surface area contributed by atoms with Gasteiger partial charge in [0.1, 0.15) is 0 Å². The second-order valence-electron chi connectivity index (χ2n) is 9.53. The van der Waals surface area contributed by atoms with Crippen LogP contribution in [0.15, 0.2) is 121 Å². The Hall–Kier alpha value is -3.94. The molecule has 0 aliphatic rings. The van der Waals surface area contributed by atoms with Crippen LogP contribution < -0.4 is 0 Å². The van der Waals surface area contributed by atoms with Crippen molar-refractivity contribution >= 4 is 0 Å². The van der Waals surface area contributed by atoms with Crippen molar-refractivity contribution in [3.05, 3.63) is 166 Å². The van der Waals surface area contributed by atoms with Crippen molar-refractivity contribution in [3.8, 4) is 11.1 Å². The summed E-state index contributed by atoms with van der Waals surface area (Å²) in [4.78, 5) is 0. The quantitative estimate of drug-likeness (QED) is 0.249. The maximum atomic E-state index is 10.9. The monoisotopic (exact) mass is 468 g/mol. The molecule has 1 N–H and O–H groups in total. The lowest BCUT2D eigenvalue weighted by molar-refractivity contribution is 0.279. The second kappa shape index (κ2) is 9.97. The minimum Gasteiger partial charge on any atom is -0.392 e. The van der Waals surface area contributed by atoms with Crippen LogP contribution in [0, 0.1) is 20.8 Å². The minimum atomic E-state index is -0.582. The van der Waals surface area contributed by atoms with Gasteiger partial charge in [-0.1, -0.05) is 121 Å². The van der Waals surface area contributed by atoms with Gasteiger partial charge in [0.05, 0.1) is 12.0 Å². The van der Waals surface area contributed by atoms with Crippen molar-refractivity contribution in [1.29, 1.82) is 0 Å². The van der Waals surface area contributed by atoms with Gasteiger partial charge in [0.2, 0.25) is 0 Å². The van der Waals surface area contributed by atoms with Crippen LogP contribution in [-0.4, -0.2) is 5.11 Å². The van der Waals surface area contributed by atoms with Crippen molar-refractivity contribution in [2.75, 3.05) is 0 Å². The molecule has 0 amide bonds. The Bertz CT molecular complexity index is 1440. The fourth-order valence-corrected chi connectivity index (χ4v) is 5.78. The average molecular weight is 469 g/mol. The predicted octanol–water partition coefficient (Wildman–Crippen LogP) is 8.15. The van der Waals surface area contributed by atoms with Gasteiger partial charge >= 0.3 is 0 Å². The number of benzene rings is 5. The van der Waals surface area contributed by atoms with E-state index in [4.69, 9.17) is 0 Å². The topological polar surface area (TPSA) is 20.2 Å². The largest absolute Gasteiger partial charge is 0.392 e. The number of hydrogen-bond acceptors (Lipinski definition) is 1. The third kappa shape index (κ3) is 3.86. The highest BCUT2D eigenvalue weighted by molar-refractivity contribution is 5.74. The van der Waals surface area contributed by atoms with Crippen molar-refractivity contribution in [1.82, 2.24) is 0 Å². The van der Waals surface area contributed by atoms with Crippen LogP contribution in [0.2, 0.25) is 0 Å². The molecule has 5 rings (SSSR count). The van der Waals surface area contributed by atoms with Crippen LogP contribution >= 0.6 is 0 Å². The Morgan fingerprint density at radius 1 is 0.500 bits per heavy atom. The Kier molecular flexibility index (Phi) is 6.59. The Morgan fingerprint density at radius 3 is 1.58 bits per heavy atom. The van der Waals surface area contributed by atoms with Gasteiger partial charge < -0.3 is 5.11 Å². The highest BCUT2D eigenvalue weighted by Gasteiger charge is 2.41. The van der Waals surface area contributed by atoms with E-state index in [9.17, 15) is 5.11 Å². The van der Waals surface area contributed by atoms with E-state index in [1.54, 1.807) is 0 Å². The van der Waals surface area contributed by atoms with Gasteiger partial charge in [-0.05, 0) is 76.4 Å². The standard InChI is InChI=1S/C35H32O/c1-25-14-10-12-20-30(25)31-22-23-34(32(24-36)27(31)3)35(28-16-6-4-7-17-28,29-18-8-5-9-19-29)33-21-13-11-15-26(33)2/h4-23,36H,24H2,1-3H3. The van der Waals surface area contributed by atoms with Gasteiger partial charge in [0, 0.05) is 0 Å². The molecule has 5 aromatic carbocycles. The first-order valence-corrected chi connectivity index (χ1v) is 12.6. The summed E-state index contributed by atoms with van der Waals surface area (Å²) in [6.45, 7) is 6.44. The molecule has 36 heavy (non-hydrogen) atoms. The van der Waals surface area contributed by atoms with Crippen LogP contribution in [0.5, 0.6) is 0 Å². The summed E-state index contributed by atoms with van der Waals surface area (Å²) in [5.74, 6) is 0. The molecule has 0 radical (unpaired) electrons. The summed E-state index contributed by atoms with van der Waals surface area (Å²) in [5, 5.41) is 10.9. The molecule has 0 aliphatic heterocycles. The second-order valence-corrected chi connectivity index (χ2v) is 9.53. The minimum absolute atomic E-state index is 0.0335. The Balaban J connectivity index is 1.93. The zero-order valence-corrected chi connectivity index (χ0v) is 21.2. The molecule has 5 aromatic rings. The number of hydrogen-bond donors (Lipinski definition) is 1. The molecule has 0 fully saturated rings. The van der Waals surface area contributed by atoms with E-state index < -0.39 is 5.41 Å². The van der Waals surface area contributed by atoms with E-state index >= 15 is 0 Å². The zero-order valence-electron chi connectivity index (χ0n) is 21.2. The highest BCUT2D eigenvalue weighted by atomic mass is 16.3. The molecule has 0 bridgehead atoms. The van der Waals surface area contributed by atoms with Crippen molar-refractivity contribution in [3.63, 3.8) is 0 Å². The molecular formula is C35H32O. The van der Waals surface area contributed by atoms with E-state index in [2.05, 4.69) is 142 Å². The third-order valence-electron chi connectivity index (χ3n) is 7.56. The lowest BCUT2D eigenvalue weighted by Crippen LogP contribution is -2.33. The third-order valence-corrected chi connectivity index (χ3v) is 7.56. The van der Waals surface area contributed by atoms with Gasteiger partial charge in [-0.3, -0.25) is 0 Å². The van der Waals surface area contributed by atoms with E-state index in [0.29, 0.717) is 0 Å². The van der Waals surface area contributed by atoms with Crippen LogP contribution in [0.4, 0.5) is 0 Å². The average Bonchev–Trinajstić information content (AvgIpc) is 2.92. The summed E-state index contributed by atoms with van der Waals surface area (Å²) < 4.78 is 0. The number of rotatable bonds is 6. The van der Waals surface area contributed by atoms with Crippen molar-refractivity contribution in [2.45, 2.75) is 32.8 Å². The SMILES string of the molecule is Cc1ccccc1-c1ccc(C(c2ccccc2)(c2ccccc2)c2ccccc2C)c(CO)c1C. The molecule has 0 saturated heterocycles. The molecule has 0 heterocycles. The van der Waals surface area contributed by atoms with E-state index in [1.807, 2.05) is 0 Å². The fourth-order valence-electron chi connectivity index (χ4n) is 5.78. The Labute approximate surface area is 214 Å². The molecule has 178 valence electrons. The van der Waals surface area contributed by atoms with E-state index in [0.717, 1.165) is 16.7 Å². The van der Waals surface area contributed by atoms with E-state index in [-0.39, 0.29) is 6.61 Å². The van der Waals surface area contributed by atoms with Gasteiger partial charge in [-0.15, -0.1) is 0 Å².